The van der Waals surface area contributed by atoms with E-state index in [0.29, 0.717) is 6.42 Å². The molecule has 0 aliphatic heterocycles. The summed E-state index contributed by atoms with van der Waals surface area (Å²) < 4.78 is 4.54. The Morgan fingerprint density at radius 3 is 2.68 bits per heavy atom. The number of methoxy groups -OCH3 is 1. The van der Waals surface area contributed by atoms with Gasteiger partial charge in [-0.3, -0.25) is 4.79 Å². The molecule has 0 aromatic heterocycles. The topological polar surface area (TPSA) is 83.8 Å². The number of ether oxygens (including phenoxy) is 1. The van der Waals surface area contributed by atoms with E-state index >= 15 is 0 Å². The normalized spacial score (nSPS) is 24.4. The van der Waals surface area contributed by atoms with Gasteiger partial charge in [0.25, 0.3) is 0 Å². The van der Waals surface area contributed by atoms with Crippen molar-refractivity contribution in [1.29, 1.82) is 0 Å². The molecule has 0 radical (unpaired) electrons. The zero-order chi connectivity index (χ0) is 21.2. The van der Waals surface area contributed by atoms with Crippen LogP contribution in [0, 0.1) is 17.3 Å². The summed E-state index contributed by atoms with van der Waals surface area (Å²) in [6, 6.07) is 0. The van der Waals surface area contributed by atoms with E-state index in [1.807, 2.05) is 19.9 Å². The third-order valence-corrected chi connectivity index (χ3v) is 5.81. The van der Waals surface area contributed by atoms with E-state index in [9.17, 15) is 19.8 Å². The molecule has 1 aliphatic rings. The van der Waals surface area contributed by atoms with Crippen LogP contribution in [0.5, 0.6) is 0 Å². The summed E-state index contributed by atoms with van der Waals surface area (Å²) >= 11 is 0. The molecular formula is C23H38O5. The number of esters is 1. The van der Waals surface area contributed by atoms with E-state index in [0.717, 1.165) is 38.5 Å². The largest absolute Gasteiger partial charge is 0.466 e. The fourth-order valence-corrected chi connectivity index (χ4v) is 3.74. The second kappa shape index (κ2) is 12.2. The molecule has 0 aromatic rings. The van der Waals surface area contributed by atoms with Crippen molar-refractivity contribution >= 4 is 11.8 Å². The summed E-state index contributed by atoms with van der Waals surface area (Å²) in [5, 5.41) is 20.8. The van der Waals surface area contributed by atoms with Crippen LogP contribution in [0.2, 0.25) is 0 Å². The van der Waals surface area contributed by atoms with Crippen LogP contribution >= 0.6 is 0 Å². The Bertz CT molecular complexity index is 549. The molecule has 0 heterocycles. The Balaban J connectivity index is 2.57. The van der Waals surface area contributed by atoms with Crippen molar-refractivity contribution < 1.29 is 24.5 Å². The number of unbranched alkanes of at least 4 members (excludes halogenated alkanes) is 3. The van der Waals surface area contributed by atoms with Crippen LogP contribution in [0.25, 0.3) is 0 Å². The molecule has 1 rings (SSSR count). The van der Waals surface area contributed by atoms with Gasteiger partial charge in [0.15, 0.2) is 0 Å². The predicted octanol–water partition coefficient (Wildman–Crippen LogP) is 3.98. The molecule has 5 heteroatoms. The lowest BCUT2D eigenvalue weighted by Crippen LogP contribution is -2.28. The summed E-state index contributed by atoms with van der Waals surface area (Å²) in [5.74, 6) is -0.678. The average Bonchev–Trinajstić information content (AvgIpc) is 2.93. The van der Waals surface area contributed by atoms with Gasteiger partial charge in [-0.1, -0.05) is 58.3 Å². The van der Waals surface area contributed by atoms with Crippen LogP contribution in [-0.4, -0.2) is 41.3 Å². The van der Waals surface area contributed by atoms with E-state index in [1.54, 1.807) is 12.2 Å². The lowest BCUT2D eigenvalue weighted by atomic mass is 9.80. The summed E-state index contributed by atoms with van der Waals surface area (Å²) in [4.78, 5) is 23.3. The average molecular weight is 395 g/mol. The fourth-order valence-electron chi connectivity index (χ4n) is 3.74. The van der Waals surface area contributed by atoms with Crippen LogP contribution in [0.3, 0.4) is 0 Å². The van der Waals surface area contributed by atoms with Crippen molar-refractivity contribution in [3.63, 3.8) is 0 Å². The number of allylic oxidation sites excluding steroid dienone is 1. The molecule has 0 spiro atoms. The standard InChI is InChI=1S/C23H38O5/c1-5-6-15-23(2,3)21(26)14-13-18-17(19(24)16-20(18)25)11-9-7-8-10-12-22(27)28-4/h10,12-14,17-18,20-21,25-26H,5-9,11,15-16H2,1-4H3/b12-10+,14-13?/t17-,18-,20-,21-/m1/s1. The van der Waals surface area contributed by atoms with Crippen LogP contribution in [0.15, 0.2) is 24.3 Å². The van der Waals surface area contributed by atoms with Gasteiger partial charge in [0.1, 0.15) is 5.78 Å². The van der Waals surface area contributed by atoms with Crippen molar-refractivity contribution in [2.24, 2.45) is 17.3 Å². The zero-order valence-electron chi connectivity index (χ0n) is 17.9. The van der Waals surface area contributed by atoms with Gasteiger partial charge in [-0.25, -0.2) is 4.79 Å². The quantitative estimate of drug-likeness (QED) is 0.226. The highest BCUT2D eigenvalue weighted by Gasteiger charge is 2.39. The third-order valence-electron chi connectivity index (χ3n) is 5.81. The molecular weight excluding hydrogens is 356 g/mol. The van der Waals surface area contributed by atoms with Crippen LogP contribution in [0.1, 0.15) is 72.1 Å². The minimum atomic E-state index is -0.668. The Morgan fingerprint density at radius 1 is 1.32 bits per heavy atom. The number of aliphatic hydroxyl groups excluding tert-OH is 2. The van der Waals surface area contributed by atoms with E-state index in [1.165, 1.54) is 13.2 Å². The highest BCUT2D eigenvalue weighted by molar-refractivity contribution is 5.84. The zero-order valence-corrected chi connectivity index (χ0v) is 17.9. The number of hydrogen-bond acceptors (Lipinski definition) is 5. The smallest absolute Gasteiger partial charge is 0.330 e. The first-order valence-corrected chi connectivity index (χ1v) is 10.5. The molecule has 0 aromatic carbocycles. The van der Waals surface area contributed by atoms with Gasteiger partial charge in [-0.15, -0.1) is 0 Å². The maximum absolute atomic E-state index is 12.3. The summed E-state index contributed by atoms with van der Waals surface area (Å²) in [5.41, 5.74) is -0.221. The molecule has 1 aliphatic carbocycles. The van der Waals surface area contributed by atoms with E-state index in [4.69, 9.17) is 0 Å². The van der Waals surface area contributed by atoms with Gasteiger partial charge in [0.05, 0.1) is 19.3 Å². The SMILES string of the molecule is CCCCC(C)(C)[C@H](O)C=C[C@H]1[C@H](O)CC(=O)[C@@H]1CCCC/C=C/C(=O)OC. The van der Waals surface area contributed by atoms with Crippen molar-refractivity contribution in [3.05, 3.63) is 24.3 Å². The van der Waals surface area contributed by atoms with E-state index in [2.05, 4.69) is 11.7 Å². The minimum Gasteiger partial charge on any atom is -0.466 e. The Morgan fingerprint density at radius 2 is 2.04 bits per heavy atom. The number of aliphatic hydroxyl groups is 2. The molecule has 1 fully saturated rings. The predicted molar refractivity (Wildman–Crippen MR) is 111 cm³/mol. The number of hydrogen-bond donors (Lipinski definition) is 2. The van der Waals surface area contributed by atoms with Gasteiger partial charge in [0.2, 0.25) is 0 Å². The fraction of sp³-hybridized carbons (Fsp3) is 0.739. The van der Waals surface area contributed by atoms with Crippen LogP contribution in [0.4, 0.5) is 0 Å². The maximum Gasteiger partial charge on any atom is 0.330 e. The molecule has 0 bridgehead atoms. The number of carbonyl (C=O) groups is 2. The van der Waals surface area contributed by atoms with Crippen molar-refractivity contribution in [2.45, 2.75) is 84.3 Å². The maximum atomic E-state index is 12.3. The van der Waals surface area contributed by atoms with Crippen molar-refractivity contribution in [1.82, 2.24) is 0 Å². The van der Waals surface area contributed by atoms with E-state index in [-0.39, 0.29) is 35.4 Å². The van der Waals surface area contributed by atoms with Gasteiger partial charge in [-0.2, -0.15) is 0 Å². The molecule has 160 valence electrons. The van der Waals surface area contributed by atoms with Crippen LogP contribution in [-0.2, 0) is 14.3 Å². The number of carbonyl (C=O) groups excluding carboxylic acids is 2. The Labute approximate surface area is 169 Å². The van der Waals surface area contributed by atoms with Crippen LogP contribution < -0.4 is 0 Å². The highest BCUT2D eigenvalue weighted by Crippen LogP contribution is 2.35. The summed E-state index contributed by atoms with van der Waals surface area (Å²) in [6.07, 6.45) is 12.0. The Kier molecular flexibility index (Phi) is 10.7. The number of Topliss-reactive ketones (excluding diaryl/α,β-unsaturated/α-hetero) is 1. The van der Waals surface area contributed by atoms with Gasteiger partial charge in [0, 0.05) is 24.3 Å². The van der Waals surface area contributed by atoms with E-state index < -0.39 is 12.2 Å². The molecule has 1 saturated carbocycles. The number of ketones is 1. The highest BCUT2D eigenvalue weighted by atomic mass is 16.5. The molecule has 0 unspecified atom stereocenters. The van der Waals surface area contributed by atoms with Gasteiger partial charge in [-0.05, 0) is 31.1 Å². The molecule has 2 N–H and O–H groups in total. The third kappa shape index (κ3) is 7.88. The van der Waals surface area contributed by atoms with Crippen molar-refractivity contribution in [3.8, 4) is 0 Å². The Hall–Kier alpha value is -1.46. The first kappa shape index (κ1) is 24.6. The van der Waals surface area contributed by atoms with Gasteiger partial charge >= 0.3 is 5.97 Å². The second-order valence-electron chi connectivity index (χ2n) is 8.55. The molecule has 5 nitrogen and oxygen atoms in total. The number of rotatable bonds is 12. The molecule has 28 heavy (non-hydrogen) atoms. The summed E-state index contributed by atoms with van der Waals surface area (Å²) in [7, 11) is 1.35. The monoisotopic (exact) mass is 394 g/mol. The molecule has 0 saturated heterocycles. The lowest BCUT2D eigenvalue weighted by molar-refractivity contribution is -0.134. The minimum absolute atomic E-state index is 0.104. The summed E-state index contributed by atoms with van der Waals surface area (Å²) in [6.45, 7) is 6.23. The lowest BCUT2D eigenvalue weighted by Gasteiger charge is -2.29. The van der Waals surface area contributed by atoms with Crippen molar-refractivity contribution in [2.75, 3.05) is 7.11 Å². The second-order valence-corrected chi connectivity index (χ2v) is 8.55. The molecule has 0 amide bonds. The molecule has 4 atom stereocenters. The first-order valence-electron chi connectivity index (χ1n) is 10.5. The first-order chi connectivity index (χ1) is 13.2. The van der Waals surface area contributed by atoms with Gasteiger partial charge < -0.3 is 14.9 Å².